The summed E-state index contributed by atoms with van der Waals surface area (Å²) in [7, 11) is 0. The summed E-state index contributed by atoms with van der Waals surface area (Å²) in [6.07, 6.45) is 14.2. The number of rotatable bonds is 5. The minimum Gasteiger partial charge on any atom is -0.390 e. The molecule has 1 amide bonds. The Labute approximate surface area is 210 Å². The van der Waals surface area contributed by atoms with Gasteiger partial charge >= 0.3 is 0 Å². The van der Waals surface area contributed by atoms with Crippen molar-refractivity contribution in [1.29, 1.82) is 5.26 Å². The lowest BCUT2D eigenvalue weighted by molar-refractivity contribution is -0.150. The molecule has 0 spiro atoms. The van der Waals surface area contributed by atoms with Crippen molar-refractivity contribution < 1.29 is 9.90 Å². The van der Waals surface area contributed by atoms with E-state index in [0.29, 0.717) is 30.6 Å². The zero-order valence-corrected chi connectivity index (χ0v) is 20.7. The van der Waals surface area contributed by atoms with Gasteiger partial charge in [-0.3, -0.25) is 4.79 Å². The Balaban J connectivity index is 1.20. The first-order valence-corrected chi connectivity index (χ1v) is 13.7. The molecule has 8 rings (SSSR count). The van der Waals surface area contributed by atoms with Crippen LogP contribution in [-0.4, -0.2) is 41.7 Å². The number of nitriles is 1. The number of pyridine rings is 1. The number of aliphatic hydroxyl groups is 1. The lowest BCUT2D eigenvalue weighted by Crippen LogP contribution is -2.65. The molecule has 5 aliphatic carbocycles. The number of aromatic nitrogens is 4. The topological polar surface area (TPSA) is 120 Å². The third-order valence-corrected chi connectivity index (χ3v) is 9.62. The summed E-state index contributed by atoms with van der Waals surface area (Å²) in [4.78, 5) is 26.3. The second kappa shape index (κ2) is 8.04. The maximum absolute atomic E-state index is 13.6. The molecular formula is C28H34N6O2. The number of aromatic amines is 1. The minimum atomic E-state index is -0.599. The van der Waals surface area contributed by atoms with Gasteiger partial charge in [-0.25, -0.2) is 9.97 Å². The Kier molecular flexibility index (Phi) is 4.98. The molecule has 0 aromatic carbocycles. The maximum Gasteiger partial charge on any atom is 0.228 e. The Morgan fingerprint density at radius 3 is 2.72 bits per heavy atom. The van der Waals surface area contributed by atoms with Crippen molar-refractivity contribution in [3.8, 4) is 6.07 Å². The lowest BCUT2D eigenvalue weighted by atomic mass is 9.51. The number of hydrogen-bond donors (Lipinski definition) is 3. The molecule has 0 aliphatic heterocycles. The maximum atomic E-state index is 13.6. The smallest absolute Gasteiger partial charge is 0.228 e. The third-order valence-electron chi connectivity index (χ3n) is 9.62. The summed E-state index contributed by atoms with van der Waals surface area (Å²) in [6.45, 7) is 0. The molecule has 3 N–H and O–H groups in total. The molecule has 3 aromatic heterocycles. The van der Waals surface area contributed by atoms with Crippen molar-refractivity contribution in [3.63, 3.8) is 0 Å². The van der Waals surface area contributed by atoms with Crippen molar-refractivity contribution in [1.82, 2.24) is 24.8 Å². The van der Waals surface area contributed by atoms with Crippen LogP contribution in [0.25, 0.3) is 22.1 Å². The van der Waals surface area contributed by atoms with E-state index in [9.17, 15) is 9.90 Å². The van der Waals surface area contributed by atoms with Crippen LogP contribution in [0.1, 0.15) is 82.5 Å². The summed E-state index contributed by atoms with van der Waals surface area (Å²) in [5.41, 5.74) is 1.85. The highest BCUT2D eigenvalue weighted by atomic mass is 16.3. The van der Waals surface area contributed by atoms with Crippen LogP contribution in [0.5, 0.6) is 0 Å². The number of carbonyl (C=O) groups is 1. The molecule has 0 radical (unpaired) electrons. The van der Waals surface area contributed by atoms with Crippen molar-refractivity contribution >= 4 is 28.0 Å². The molecule has 0 saturated heterocycles. The van der Waals surface area contributed by atoms with Gasteiger partial charge in [0.15, 0.2) is 0 Å². The van der Waals surface area contributed by atoms with Gasteiger partial charge in [0.25, 0.3) is 0 Å². The van der Waals surface area contributed by atoms with E-state index >= 15 is 0 Å². The van der Waals surface area contributed by atoms with Crippen molar-refractivity contribution in [2.75, 3.05) is 0 Å². The Hall–Kier alpha value is -2.92. The third kappa shape index (κ3) is 3.62. The Bertz CT molecular complexity index is 1360. The van der Waals surface area contributed by atoms with Crippen LogP contribution in [-0.2, 0) is 11.2 Å². The summed E-state index contributed by atoms with van der Waals surface area (Å²) >= 11 is 0. The molecule has 3 heterocycles. The number of H-pyrrole nitrogens is 1. The van der Waals surface area contributed by atoms with Crippen molar-refractivity contribution in [3.05, 3.63) is 24.3 Å². The largest absolute Gasteiger partial charge is 0.390 e. The van der Waals surface area contributed by atoms with E-state index in [1.54, 1.807) is 0 Å². The second-order valence-corrected chi connectivity index (χ2v) is 12.4. The van der Waals surface area contributed by atoms with Crippen LogP contribution < -0.4 is 5.32 Å². The van der Waals surface area contributed by atoms with Crippen LogP contribution in [0, 0.1) is 29.1 Å². The zero-order chi connectivity index (χ0) is 24.5. The van der Waals surface area contributed by atoms with E-state index in [1.807, 2.05) is 18.5 Å². The number of amides is 1. The number of nitrogens with zero attached hydrogens (tertiary/aromatic N) is 4. The van der Waals surface area contributed by atoms with E-state index in [4.69, 9.17) is 10.2 Å². The molecule has 3 aromatic rings. The molecule has 188 valence electrons. The molecule has 8 nitrogen and oxygen atoms in total. The molecule has 5 fully saturated rings. The first-order chi connectivity index (χ1) is 17.4. The first-order valence-electron chi connectivity index (χ1n) is 13.7. The molecule has 2 unspecified atom stereocenters. The molecule has 4 bridgehead atoms. The predicted octanol–water partition coefficient (Wildman–Crippen LogP) is 4.30. The van der Waals surface area contributed by atoms with Crippen molar-refractivity contribution in [2.45, 2.75) is 94.2 Å². The number of imidazole rings is 1. The van der Waals surface area contributed by atoms with Gasteiger partial charge < -0.3 is 20.0 Å². The van der Waals surface area contributed by atoms with E-state index in [1.165, 1.54) is 6.42 Å². The molecule has 8 heteroatoms. The fraction of sp³-hybridized carbons (Fsp3) is 0.643. The van der Waals surface area contributed by atoms with Crippen LogP contribution in [0.3, 0.4) is 0 Å². The van der Waals surface area contributed by atoms with Gasteiger partial charge in [0, 0.05) is 29.6 Å². The number of hydrogen-bond acceptors (Lipinski definition) is 5. The van der Waals surface area contributed by atoms with Crippen LogP contribution in [0.2, 0.25) is 0 Å². The van der Waals surface area contributed by atoms with E-state index in [2.05, 4.69) is 25.9 Å². The molecule has 5 saturated carbocycles. The fourth-order valence-electron chi connectivity index (χ4n) is 8.74. The van der Waals surface area contributed by atoms with Gasteiger partial charge in [-0.2, -0.15) is 5.26 Å². The summed E-state index contributed by atoms with van der Waals surface area (Å²) < 4.78 is 2.31. The van der Waals surface area contributed by atoms with E-state index in [-0.39, 0.29) is 23.9 Å². The Morgan fingerprint density at radius 1 is 1.22 bits per heavy atom. The number of nitrogens with one attached hydrogen (secondary N) is 2. The quantitative estimate of drug-likeness (QED) is 0.497. The summed E-state index contributed by atoms with van der Waals surface area (Å²) in [5, 5.41) is 24.7. The Morgan fingerprint density at radius 2 is 2.00 bits per heavy atom. The highest BCUT2D eigenvalue weighted by Gasteiger charge is 2.57. The highest BCUT2D eigenvalue weighted by Crippen LogP contribution is 2.57. The average molecular weight is 487 g/mol. The molecule has 2 atom stereocenters. The average Bonchev–Trinajstić information content (AvgIpc) is 3.42. The summed E-state index contributed by atoms with van der Waals surface area (Å²) in [5.74, 6) is 2.32. The van der Waals surface area contributed by atoms with Gasteiger partial charge in [0.05, 0.1) is 29.8 Å². The minimum absolute atomic E-state index is 0.00791. The normalized spacial score (nSPS) is 35.3. The fourth-order valence-corrected chi connectivity index (χ4v) is 8.74. The molecular weight excluding hydrogens is 452 g/mol. The van der Waals surface area contributed by atoms with Crippen LogP contribution in [0.15, 0.2) is 18.5 Å². The van der Waals surface area contributed by atoms with Gasteiger partial charge in [-0.1, -0.05) is 0 Å². The highest BCUT2D eigenvalue weighted by molar-refractivity contribution is 6.01. The first kappa shape index (κ1) is 22.3. The number of fused-ring (bicyclic) bond motifs is 3. The molecule has 36 heavy (non-hydrogen) atoms. The SMILES string of the molecule is N#CCC1CCC(n2c(CC(=O)NC34CC5CC(CC(O)(C5)C3)C4)nc3cnc4[nH]ccc4c32)CC1. The van der Waals surface area contributed by atoms with Crippen molar-refractivity contribution in [2.24, 2.45) is 17.8 Å². The lowest BCUT2D eigenvalue weighted by Gasteiger charge is -2.60. The monoisotopic (exact) mass is 486 g/mol. The van der Waals surface area contributed by atoms with E-state index < -0.39 is 5.60 Å². The molecule has 5 aliphatic rings. The van der Waals surface area contributed by atoms with Gasteiger partial charge in [0.2, 0.25) is 5.91 Å². The summed E-state index contributed by atoms with van der Waals surface area (Å²) in [6, 6.07) is 4.64. The van der Waals surface area contributed by atoms with Crippen LogP contribution in [0.4, 0.5) is 0 Å². The van der Waals surface area contributed by atoms with Gasteiger partial charge in [0.1, 0.15) is 17.0 Å². The number of carbonyl (C=O) groups excluding carboxylic acids is 1. The second-order valence-electron chi connectivity index (χ2n) is 12.4. The van der Waals surface area contributed by atoms with Gasteiger partial charge in [-0.05, 0) is 88.0 Å². The van der Waals surface area contributed by atoms with E-state index in [0.717, 1.165) is 79.3 Å². The zero-order valence-electron chi connectivity index (χ0n) is 20.7. The van der Waals surface area contributed by atoms with Crippen LogP contribution >= 0.6 is 0 Å². The standard InChI is InChI=1S/C28H34N6O2/c29-7-5-17-1-3-20(4-2-17)34-23(32-22-15-31-26-21(25(22)34)6-8-30-26)10-24(35)33-27-11-18-9-19(12-27)14-28(36,13-18)16-27/h6,8,15,17-20,36H,1-5,9-14,16H2,(H,30,31)(H,33,35). The van der Waals surface area contributed by atoms with Gasteiger partial charge in [-0.15, -0.1) is 0 Å². The predicted molar refractivity (Wildman–Crippen MR) is 135 cm³/mol.